The molecule has 2 aliphatic rings. The van der Waals surface area contributed by atoms with Gasteiger partial charge in [-0.25, -0.2) is 9.78 Å². The molecule has 1 aromatic carbocycles. The molecular formula is C22H25N5O3. The molecule has 2 aromatic rings. The Hall–Kier alpha value is -3.42. The van der Waals surface area contributed by atoms with Gasteiger partial charge in [-0.15, -0.1) is 0 Å². The largest absolute Gasteiger partial charge is 0.353 e. The normalized spacial score (nSPS) is 16.7. The van der Waals surface area contributed by atoms with Crippen LogP contribution in [0.5, 0.6) is 0 Å². The molecule has 0 spiro atoms. The van der Waals surface area contributed by atoms with Crippen molar-refractivity contribution in [1.29, 1.82) is 0 Å². The molecule has 30 heavy (non-hydrogen) atoms. The summed E-state index contributed by atoms with van der Waals surface area (Å²) in [7, 11) is 0. The molecule has 0 aliphatic carbocycles. The number of hydrogen-bond acceptors (Lipinski definition) is 5. The summed E-state index contributed by atoms with van der Waals surface area (Å²) in [6, 6.07) is 10.4. The highest BCUT2D eigenvalue weighted by molar-refractivity contribution is 6.22. The molecule has 156 valence electrons. The van der Waals surface area contributed by atoms with Gasteiger partial charge in [0.1, 0.15) is 5.82 Å². The standard InChI is InChI=1S/C22H25N5O3/c1-22(2,3)27-19(28)16-8-7-15(14-17(16)20(27)29)24-21(30)26-12-10-25(11-13-26)18-6-4-5-9-23-18/h4-9,14H,10-13H2,1-3H3,(H,24,30). The molecular weight excluding hydrogens is 382 g/mol. The molecule has 0 saturated carbocycles. The van der Waals surface area contributed by atoms with Crippen LogP contribution in [-0.4, -0.2) is 64.3 Å². The van der Waals surface area contributed by atoms with Crippen molar-refractivity contribution >= 4 is 29.4 Å². The zero-order valence-electron chi connectivity index (χ0n) is 17.4. The fourth-order valence-electron chi connectivity index (χ4n) is 3.81. The Balaban J connectivity index is 1.42. The van der Waals surface area contributed by atoms with E-state index in [1.807, 2.05) is 39.0 Å². The Morgan fingerprint density at radius 2 is 1.67 bits per heavy atom. The average molecular weight is 407 g/mol. The SMILES string of the molecule is CC(C)(C)N1C(=O)c2ccc(NC(=O)N3CCN(c4ccccn4)CC3)cc2C1=O. The molecule has 1 aromatic heterocycles. The van der Waals surface area contributed by atoms with E-state index in [0.717, 1.165) is 5.82 Å². The number of hydrogen-bond donors (Lipinski definition) is 1. The smallest absolute Gasteiger partial charge is 0.321 e. The summed E-state index contributed by atoms with van der Waals surface area (Å²) in [5.41, 5.74) is 0.594. The van der Waals surface area contributed by atoms with E-state index in [2.05, 4.69) is 15.2 Å². The molecule has 2 aliphatic heterocycles. The van der Waals surface area contributed by atoms with Gasteiger partial charge in [0, 0.05) is 43.6 Å². The molecule has 0 radical (unpaired) electrons. The maximum Gasteiger partial charge on any atom is 0.321 e. The number of anilines is 2. The third kappa shape index (κ3) is 3.60. The van der Waals surface area contributed by atoms with Gasteiger partial charge in [0.25, 0.3) is 11.8 Å². The van der Waals surface area contributed by atoms with Crippen LogP contribution >= 0.6 is 0 Å². The number of amides is 4. The number of nitrogens with zero attached hydrogens (tertiary/aromatic N) is 4. The number of piperazine rings is 1. The summed E-state index contributed by atoms with van der Waals surface area (Å²) in [4.78, 5) is 47.5. The summed E-state index contributed by atoms with van der Waals surface area (Å²) < 4.78 is 0. The first-order valence-corrected chi connectivity index (χ1v) is 10.0. The lowest BCUT2D eigenvalue weighted by Crippen LogP contribution is -2.50. The van der Waals surface area contributed by atoms with Gasteiger partial charge in [-0.05, 0) is 51.1 Å². The molecule has 3 heterocycles. The zero-order valence-corrected chi connectivity index (χ0v) is 17.4. The van der Waals surface area contributed by atoms with Gasteiger partial charge in [-0.2, -0.15) is 0 Å². The number of imide groups is 1. The van der Waals surface area contributed by atoms with Crippen molar-refractivity contribution in [3.63, 3.8) is 0 Å². The topological polar surface area (TPSA) is 85.8 Å². The number of aromatic nitrogens is 1. The number of carbonyl (C=O) groups is 3. The van der Waals surface area contributed by atoms with E-state index in [1.165, 1.54) is 4.90 Å². The highest BCUT2D eigenvalue weighted by atomic mass is 16.2. The molecule has 8 heteroatoms. The van der Waals surface area contributed by atoms with Gasteiger partial charge in [0.05, 0.1) is 11.1 Å². The Morgan fingerprint density at radius 1 is 0.967 bits per heavy atom. The second-order valence-corrected chi connectivity index (χ2v) is 8.47. The highest BCUT2D eigenvalue weighted by Crippen LogP contribution is 2.31. The number of benzene rings is 1. The number of pyridine rings is 1. The lowest BCUT2D eigenvalue weighted by molar-refractivity contribution is 0.0507. The lowest BCUT2D eigenvalue weighted by Gasteiger charge is -2.35. The number of urea groups is 1. The van der Waals surface area contributed by atoms with Crippen LogP contribution in [0.3, 0.4) is 0 Å². The minimum absolute atomic E-state index is 0.222. The van der Waals surface area contributed by atoms with Gasteiger partial charge >= 0.3 is 6.03 Å². The Labute approximate surface area is 175 Å². The van der Waals surface area contributed by atoms with E-state index in [1.54, 1.807) is 29.3 Å². The summed E-state index contributed by atoms with van der Waals surface area (Å²) in [5, 5.41) is 2.86. The van der Waals surface area contributed by atoms with Crippen molar-refractivity contribution in [1.82, 2.24) is 14.8 Å². The van der Waals surface area contributed by atoms with Crippen molar-refractivity contribution in [2.75, 3.05) is 36.4 Å². The van der Waals surface area contributed by atoms with Gasteiger partial charge < -0.3 is 15.1 Å². The zero-order chi connectivity index (χ0) is 21.5. The van der Waals surface area contributed by atoms with E-state index in [9.17, 15) is 14.4 Å². The fraction of sp³-hybridized carbons (Fsp3) is 0.364. The maximum atomic E-state index is 12.7. The van der Waals surface area contributed by atoms with E-state index in [4.69, 9.17) is 0 Å². The molecule has 1 saturated heterocycles. The fourth-order valence-corrected chi connectivity index (χ4v) is 3.81. The van der Waals surface area contributed by atoms with Gasteiger partial charge in [-0.1, -0.05) is 6.07 Å². The maximum absolute atomic E-state index is 12.7. The Kier molecular flexibility index (Phi) is 4.93. The van der Waals surface area contributed by atoms with E-state index in [-0.39, 0.29) is 17.8 Å². The van der Waals surface area contributed by atoms with Gasteiger partial charge in [-0.3, -0.25) is 14.5 Å². The minimum Gasteiger partial charge on any atom is -0.353 e. The molecule has 0 atom stereocenters. The van der Waals surface area contributed by atoms with Crippen LogP contribution in [0, 0.1) is 0 Å². The van der Waals surface area contributed by atoms with Gasteiger partial charge in [0.2, 0.25) is 0 Å². The van der Waals surface area contributed by atoms with Crippen LogP contribution in [0.15, 0.2) is 42.6 Å². The number of rotatable bonds is 2. The Bertz CT molecular complexity index is 992. The van der Waals surface area contributed by atoms with Crippen molar-refractivity contribution in [2.45, 2.75) is 26.3 Å². The van der Waals surface area contributed by atoms with Crippen LogP contribution in [0.1, 0.15) is 41.5 Å². The summed E-state index contributed by atoms with van der Waals surface area (Å²) in [5.74, 6) is 0.274. The van der Waals surface area contributed by atoms with Crippen molar-refractivity contribution in [3.8, 4) is 0 Å². The molecule has 0 unspecified atom stereocenters. The van der Waals surface area contributed by atoms with Crippen molar-refractivity contribution in [2.24, 2.45) is 0 Å². The van der Waals surface area contributed by atoms with Gasteiger partial charge in [0.15, 0.2) is 0 Å². The number of fused-ring (bicyclic) bond motifs is 1. The van der Waals surface area contributed by atoms with Crippen molar-refractivity contribution in [3.05, 3.63) is 53.7 Å². The second-order valence-electron chi connectivity index (χ2n) is 8.47. The molecule has 4 rings (SSSR count). The molecule has 8 nitrogen and oxygen atoms in total. The molecule has 0 bridgehead atoms. The third-order valence-corrected chi connectivity index (χ3v) is 5.35. The second kappa shape index (κ2) is 7.44. The number of nitrogens with one attached hydrogen (secondary N) is 1. The predicted octanol–water partition coefficient (Wildman–Crippen LogP) is 2.83. The van der Waals surface area contributed by atoms with E-state index < -0.39 is 5.54 Å². The summed E-state index contributed by atoms with van der Waals surface area (Å²) >= 11 is 0. The van der Waals surface area contributed by atoms with Crippen LogP contribution in [0.2, 0.25) is 0 Å². The monoisotopic (exact) mass is 407 g/mol. The van der Waals surface area contributed by atoms with E-state index in [0.29, 0.717) is 43.0 Å². The third-order valence-electron chi connectivity index (χ3n) is 5.35. The Morgan fingerprint density at radius 3 is 2.30 bits per heavy atom. The van der Waals surface area contributed by atoms with Crippen LogP contribution < -0.4 is 10.2 Å². The van der Waals surface area contributed by atoms with Crippen LogP contribution in [0.25, 0.3) is 0 Å². The van der Waals surface area contributed by atoms with Crippen molar-refractivity contribution < 1.29 is 14.4 Å². The molecule has 4 amide bonds. The minimum atomic E-state index is -0.607. The lowest BCUT2D eigenvalue weighted by atomic mass is 10.1. The predicted molar refractivity (Wildman–Crippen MR) is 114 cm³/mol. The summed E-state index contributed by atoms with van der Waals surface area (Å²) in [6.45, 7) is 8.00. The van der Waals surface area contributed by atoms with E-state index >= 15 is 0 Å². The first kappa shape index (κ1) is 19.9. The average Bonchev–Trinajstić information content (AvgIpc) is 2.98. The van der Waals surface area contributed by atoms with Crippen LogP contribution in [-0.2, 0) is 0 Å². The first-order valence-electron chi connectivity index (χ1n) is 10.0. The molecule has 1 N–H and O–H groups in total. The van der Waals surface area contributed by atoms with Crippen LogP contribution in [0.4, 0.5) is 16.3 Å². The first-order chi connectivity index (χ1) is 14.3. The quantitative estimate of drug-likeness (QED) is 0.774. The summed E-state index contributed by atoms with van der Waals surface area (Å²) in [6.07, 6.45) is 1.76. The highest BCUT2D eigenvalue weighted by Gasteiger charge is 2.42. The number of carbonyl (C=O) groups excluding carboxylic acids is 3. The molecule has 1 fully saturated rings.